The molecule has 0 atom stereocenters. The summed E-state index contributed by atoms with van der Waals surface area (Å²) in [4.78, 5) is 0. The molecule has 0 unspecified atom stereocenters. The van der Waals surface area contributed by atoms with Crippen molar-refractivity contribution in [2.75, 3.05) is 0 Å². The lowest BCUT2D eigenvalue weighted by Crippen LogP contribution is -1.79. The van der Waals surface area contributed by atoms with Crippen LogP contribution in [-0.2, 0) is 0 Å². The van der Waals surface area contributed by atoms with Crippen LogP contribution in [-0.4, -0.2) is 0 Å². The van der Waals surface area contributed by atoms with E-state index in [1.165, 1.54) is 57.8 Å². The Balaban J connectivity index is 2.95. The Morgan fingerprint density at radius 1 is 0.733 bits per heavy atom. The van der Waals surface area contributed by atoms with Crippen molar-refractivity contribution in [2.45, 2.75) is 64.7 Å². The van der Waals surface area contributed by atoms with Crippen molar-refractivity contribution in [1.29, 1.82) is 0 Å². The van der Waals surface area contributed by atoms with Crippen LogP contribution in [0.3, 0.4) is 0 Å². The predicted molar refractivity (Wildman–Crippen MR) is 70.9 cm³/mol. The molecule has 0 rings (SSSR count). The Kier molecular flexibility index (Phi) is 13.0. The van der Waals surface area contributed by atoms with E-state index >= 15 is 0 Å². The third-order valence-electron chi connectivity index (χ3n) is 2.56. The van der Waals surface area contributed by atoms with Gasteiger partial charge < -0.3 is 0 Å². The van der Waals surface area contributed by atoms with E-state index in [2.05, 4.69) is 32.1 Å². The first-order valence-corrected chi connectivity index (χ1v) is 6.51. The molecule has 0 heterocycles. The van der Waals surface area contributed by atoms with E-state index in [9.17, 15) is 0 Å². The Hall–Kier alpha value is -0.520. The van der Waals surface area contributed by atoms with Crippen LogP contribution in [0.4, 0.5) is 0 Å². The van der Waals surface area contributed by atoms with Crippen LogP contribution < -0.4 is 0 Å². The maximum Gasteiger partial charge on any atom is -0.0316 e. The van der Waals surface area contributed by atoms with E-state index in [0.717, 1.165) is 0 Å². The number of rotatable bonds is 10. The maximum absolute atomic E-state index is 3.68. The average molecular weight is 207 g/mol. The highest BCUT2D eigenvalue weighted by Gasteiger charge is 1.89. The topological polar surface area (TPSA) is 0 Å². The van der Waals surface area contributed by atoms with Gasteiger partial charge in [-0.05, 0) is 39.0 Å². The van der Waals surface area contributed by atoms with Crippen molar-refractivity contribution in [3.63, 3.8) is 0 Å². The summed E-state index contributed by atoms with van der Waals surface area (Å²) in [6, 6.07) is 0. The second-order valence-corrected chi connectivity index (χ2v) is 4.05. The zero-order chi connectivity index (χ0) is 11.2. The summed E-state index contributed by atoms with van der Waals surface area (Å²) in [5.41, 5.74) is 0. The monoisotopic (exact) mass is 207 g/mol. The molecule has 0 aromatic heterocycles. The Morgan fingerprint density at radius 2 is 1.27 bits per heavy atom. The Labute approximate surface area is 96.5 Å². The molecule has 0 saturated carbocycles. The molecule has 0 amide bonds. The van der Waals surface area contributed by atoms with Gasteiger partial charge in [-0.15, -0.1) is 0 Å². The second-order valence-electron chi connectivity index (χ2n) is 4.05. The van der Waals surface area contributed by atoms with Crippen molar-refractivity contribution in [3.05, 3.63) is 31.2 Å². The van der Waals surface area contributed by atoms with Gasteiger partial charge in [-0.3, -0.25) is 0 Å². The normalized spacial score (nSPS) is 11.9. The van der Waals surface area contributed by atoms with Gasteiger partial charge in [-0.1, -0.05) is 56.9 Å². The summed E-state index contributed by atoms with van der Waals surface area (Å²) in [7, 11) is 0. The van der Waals surface area contributed by atoms with E-state index in [4.69, 9.17) is 0 Å². The first-order valence-electron chi connectivity index (χ1n) is 6.51. The van der Waals surface area contributed by atoms with Gasteiger partial charge in [0.05, 0.1) is 0 Å². The SMILES string of the molecule is [CH2]C=CCCCCCCCCC=CCC. The number of unbranched alkanes of at least 4 members (excludes halogenated alkanes) is 7. The molecule has 0 aromatic rings. The third kappa shape index (κ3) is 13.5. The van der Waals surface area contributed by atoms with Crippen LogP contribution in [0.5, 0.6) is 0 Å². The smallest absolute Gasteiger partial charge is 0.0316 e. The minimum atomic E-state index is 1.18. The first-order chi connectivity index (χ1) is 7.41. The van der Waals surface area contributed by atoms with Crippen molar-refractivity contribution in [2.24, 2.45) is 0 Å². The third-order valence-corrected chi connectivity index (χ3v) is 2.56. The molecule has 0 fully saturated rings. The van der Waals surface area contributed by atoms with E-state index < -0.39 is 0 Å². The van der Waals surface area contributed by atoms with Crippen LogP contribution in [0.25, 0.3) is 0 Å². The summed E-state index contributed by atoms with van der Waals surface area (Å²) in [6.07, 6.45) is 20.6. The number of allylic oxidation sites excluding steroid dienone is 4. The summed E-state index contributed by atoms with van der Waals surface area (Å²) in [6.45, 7) is 5.87. The van der Waals surface area contributed by atoms with Crippen LogP contribution in [0.15, 0.2) is 24.3 Å². The number of hydrogen-bond donors (Lipinski definition) is 0. The van der Waals surface area contributed by atoms with Gasteiger partial charge in [-0.25, -0.2) is 0 Å². The van der Waals surface area contributed by atoms with Gasteiger partial charge in [0.1, 0.15) is 0 Å². The average Bonchev–Trinajstić information content (AvgIpc) is 2.26. The van der Waals surface area contributed by atoms with E-state index in [0.29, 0.717) is 0 Å². The van der Waals surface area contributed by atoms with Crippen molar-refractivity contribution >= 4 is 0 Å². The molecule has 0 N–H and O–H groups in total. The molecular weight excluding hydrogens is 180 g/mol. The molecule has 15 heavy (non-hydrogen) atoms. The van der Waals surface area contributed by atoms with Crippen molar-refractivity contribution in [1.82, 2.24) is 0 Å². The van der Waals surface area contributed by atoms with Gasteiger partial charge in [-0.2, -0.15) is 0 Å². The number of hydrogen-bond acceptors (Lipinski definition) is 0. The summed E-state index contributed by atoms with van der Waals surface area (Å²) in [5.74, 6) is 0. The van der Waals surface area contributed by atoms with Gasteiger partial charge in [0.15, 0.2) is 0 Å². The molecular formula is C15H27. The van der Waals surface area contributed by atoms with E-state index in [-0.39, 0.29) is 0 Å². The zero-order valence-corrected chi connectivity index (χ0v) is 10.4. The van der Waals surface area contributed by atoms with E-state index in [1.807, 2.05) is 6.08 Å². The lowest BCUT2D eigenvalue weighted by molar-refractivity contribution is 0.600. The molecule has 0 spiro atoms. The first kappa shape index (κ1) is 14.5. The van der Waals surface area contributed by atoms with Crippen molar-refractivity contribution < 1.29 is 0 Å². The summed E-state index contributed by atoms with van der Waals surface area (Å²) < 4.78 is 0. The maximum atomic E-state index is 3.68. The highest BCUT2D eigenvalue weighted by atomic mass is 14.0. The zero-order valence-electron chi connectivity index (χ0n) is 10.4. The summed E-state index contributed by atoms with van der Waals surface area (Å²) >= 11 is 0. The fourth-order valence-corrected chi connectivity index (χ4v) is 1.63. The fraction of sp³-hybridized carbons (Fsp3) is 0.667. The van der Waals surface area contributed by atoms with Gasteiger partial charge in [0, 0.05) is 0 Å². The van der Waals surface area contributed by atoms with Crippen LogP contribution in [0.2, 0.25) is 0 Å². The van der Waals surface area contributed by atoms with Gasteiger partial charge >= 0.3 is 0 Å². The molecule has 0 aliphatic carbocycles. The molecule has 0 aliphatic rings. The lowest BCUT2D eigenvalue weighted by Gasteiger charge is -1.99. The lowest BCUT2D eigenvalue weighted by atomic mass is 10.1. The van der Waals surface area contributed by atoms with Crippen LogP contribution in [0, 0.1) is 6.92 Å². The summed E-state index contributed by atoms with van der Waals surface area (Å²) in [5, 5.41) is 0. The highest BCUT2D eigenvalue weighted by Crippen LogP contribution is 2.09. The standard InChI is InChI=1S/C15H27/c1-3-5-7-9-11-13-15-14-12-10-8-6-4-2/h3,5-6,8H,1,4,7,9-15H2,2H3. The molecule has 0 heteroatoms. The Morgan fingerprint density at radius 3 is 1.80 bits per heavy atom. The van der Waals surface area contributed by atoms with Gasteiger partial charge in [0.25, 0.3) is 0 Å². The van der Waals surface area contributed by atoms with Gasteiger partial charge in [0.2, 0.25) is 0 Å². The van der Waals surface area contributed by atoms with Crippen LogP contribution >= 0.6 is 0 Å². The minimum Gasteiger partial charge on any atom is -0.0888 e. The molecule has 0 bridgehead atoms. The minimum absolute atomic E-state index is 1.18. The quantitative estimate of drug-likeness (QED) is 0.329. The van der Waals surface area contributed by atoms with Crippen LogP contribution in [0.1, 0.15) is 64.7 Å². The van der Waals surface area contributed by atoms with E-state index in [1.54, 1.807) is 0 Å². The predicted octanol–water partition coefficient (Wildman–Crippen LogP) is 5.46. The highest BCUT2D eigenvalue weighted by molar-refractivity contribution is 4.83. The molecule has 0 aliphatic heterocycles. The molecule has 0 nitrogen and oxygen atoms in total. The molecule has 0 saturated heterocycles. The second kappa shape index (κ2) is 13.5. The largest absolute Gasteiger partial charge is 0.0888 e. The molecule has 87 valence electrons. The Bertz CT molecular complexity index is 153. The molecule has 1 radical (unpaired) electrons. The fourth-order valence-electron chi connectivity index (χ4n) is 1.63. The van der Waals surface area contributed by atoms with Crippen molar-refractivity contribution in [3.8, 4) is 0 Å². The molecule has 0 aromatic carbocycles.